The molecule has 0 radical (unpaired) electrons. The van der Waals surface area contributed by atoms with Gasteiger partial charge in [0.05, 0.1) is 5.75 Å². The molecule has 0 bridgehead atoms. The fourth-order valence-electron chi connectivity index (χ4n) is 3.23. The van der Waals surface area contributed by atoms with Crippen LogP contribution < -0.4 is 9.47 Å². The molecule has 0 aliphatic carbocycles. The fraction of sp³-hybridized carbons (Fsp3) is 0.0870. The molecular weight excluding hydrogens is 398 g/mol. The second kappa shape index (κ2) is 8.04. The smallest absolute Gasteiger partial charge is 0.231 e. The molecule has 30 heavy (non-hydrogen) atoms. The van der Waals surface area contributed by atoms with Crippen molar-refractivity contribution >= 4 is 17.5 Å². The van der Waals surface area contributed by atoms with Gasteiger partial charge < -0.3 is 9.47 Å². The molecule has 1 aromatic heterocycles. The van der Waals surface area contributed by atoms with Crippen LogP contribution in [0.4, 0.5) is 0 Å². The lowest BCUT2D eigenvalue weighted by Crippen LogP contribution is -2.05. The lowest BCUT2D eigenvalue weighted by Gasteiger charge is -2.10. The summed E-state index contributed by atoms with van der Waals surface area (Å²) in [5.41, 5.74) is 2.49. The molecule has 0 amide bonds. The van der Waals surface area contributed by atoms with Gasteiger partial charge in [-0.1, -0.05) is 60.3 Å². The average Bonchev–Trinajstić information content (AvgIpc) is 3.45. The van der Waals surface area contributed by atoms with E-state index in [0.717, 1.165) is 17.1 Å². The van der Waals surface area contributed by atoms with Crippen molar-refractivity contribution in [3.05, 3.63) is 84.4 Å². The van der Waals surface area contributed by atoms with Gasteiger partial charge in [-0.3, -0.25) is 9.36 Å². The number of Topliss-reactive ketones (excluding diaryl/α,β-unsaturated/α-hetero) is 1. The summed E-state index contributed by atoms with van der Waals surface area (Å²) < 4.78 is 12.7. The standard InChI is InChI=1S/C23H17N3O3S/c27-19(17-11-12-20-21(13-17)29-15-28-20)14-30-23-25-24-22(16-7-3-1-4-8-16)26(23)18-9-5-2-6-10-18/h1-13H,14-15H2. The third-order valence-corrected chi connectivity index (χ3v) is 5.64. The van der Waals surface area contributed by atoms with Crippen LogP contribution in [0.15, 0.2) is 84.0 Å². The molecule has 0 atom stereocenters. The van der Waals surface area contributed by atoms with Crippen molar-refractivity contribution in [2.75, 3.05) is 12.5 Å². The van der Waals surface area contributed by atoms with Crippen molar-refractivity contribution in [1.82, 2.24) is 14.8 Å². The van der Waals surface area contributed by atoms with E-state index in [-0.39, 0.29) is 18.3 Å². The first-order chi connectivity index (χ1) is 14.8. The molecule has 3 aromatic carbocycles. The van der Waals surface area contributed by atoms with Crippen LogP contribution in [0.5, 0.6) is 11.5 Å². The molecule has 148 valence electrons. The van der Waals surface area contributed by atoms with Crippen molar-refractivity contribution in [2.45, 2.75) is 5.16 Å². The minimum absolute atomic E-state index is 0.0119. The van der Waals surface area contributed by atoms with E-state index < -0.39 is 0 Å². The highest BCUT2D eigenvalue weighted by Crippen LogP contribution is 2.33. The highest BCUT2D eigenvalue weighted by molar-refractivity contribution is 7.99. The molecule has 0 fully saturated rings. The number of fused-ring (bicyclic) bond motifs is 1. The summed E-state index contributed by atoms with van der Waals surface area (Å²) in [4.78, 5) is 12.8. The largest absolute Gasteiger partial charge is 0.454 e. The number of aromatic nitrogens is 3. The SMILES string of the molecule is O=C(CSc1nnc(-c2ccccc2)n1-c1ccccc1)c1ccc2c(c1)OCO2. The van der Waals surface area contributed by atoms with Crippen LogP contribution >= 0.6 is 11.8 Å². The van der Waals surface area contributed by atoms with Gasteiger partial charge in [-0.2, -0.15) is 0 Å². The van der Waals surface area contributed by atoms with Gasteiger partial charge in [-0.05, 0) is 30.3 Å². The molecule has 0 saturated carbocycles. The first-order valence-electron chi connectivity index (χ1n) is 9.41. The molecule has 1 aliphatic heterocycles. The van der Waals surface area contributed by atoms with E-state index >= 15 is 0 Å². The maximum Gasteiger partial charge on any atom is 0.231 e. The van der Waals surface area contributed by atoms with Crippen molar-refractivity contribution in [3.8, 4) is 28.6 Å². The Labute approximate surface area is 177 Å². The molecule has 2 heterocycles. The summed E-state index contributed by atoms with van der Waals surface area (Å²) >= 11 is 1.36. The monoisotopic (exact) mass is 415 g/mol. The second-order valence-corrected chi connectivity index (χ2v) is 7.57. The summed E-state index contributed by atoms with van der Waals surface area (Å²) in [5, 5.41) is 9.44. The molecular formula is C23H17N3O3S. The Kier molecular flexibility index (Phi) is 4.94. The van der Waals surface area contributed by atoms with Crippen molar-refractivity contribution in [1.29, 1.82) is 0 Å². The van der Waals surface area contributed by atoms with Gasteiger partial charge in [0.1, 0.15) is 0 Å². The van der Waals surface area contributed by atoms with E-state index in [4.69, 9.17) is 9.47 Å². The van der Waals surface area contributed by atoms with Crippen LogP contribution in [-0.4, -0.2) is 33.1 Å². The number of carbonyl (C=O) groups excluding carboxylic acids is 1. The molecule has 1 aliphatic rings. The average molecular weight is 415 g/mol. The number of ether oxygens (including phenoxy) is 2. The zero-order valence-corrected chi connectivity index (χ0v) is 16.7. The maximum absolute atomic E-state index is 12.8. The van der Waals surface area contributed by atoms with Gasteiger partial charge in [-0.15, -0.1) is 10.2 Å². The minimum Gasteiger partial charge on any atom is -0.454 e. The van der Waals surface area contributed by atoms with Crippen LogP contribution in [-0.2, 0) is 0 Å². The summed E-state index contributed by atoms with van der Waals surface area (Å²) in [5.74, 6) is 2.22. The molecule has 4 aromatic rings. The van der Waals surface area contributed by atoms with Crippen molar-refractivity contribution in [2.24, 2.45) is 0 Å². The highest BCUT2D eigenvalue weighted by atomic mass is 32.2. The molecule has 0 saturated heterocycles. The zero-order valence-electron chi connectivity index (χ0n) is 15.9. The van der Waals surface area contributed by atoms with E-state index in [1.54, 1.807) is 18.2 Å². The van der Waals surface area contributed by atoms with E-state index in [9.17, 15) is 4.79 Å². The van der Waals surface area contributed by atoms with E-state index in [1.165, 1.54) is 11.8 Å². The molecule has 0 N–H and O–H groups in total. The Balaban J connectivity index is 1.43. The van der Waals surface area contributed by atoms with Gasteiger partial charge in [0, 0.05) is 16.8 Å². The van der Waals surface area contributed by atoms with Gasteiger partial charge >= 0.3 is 0 Å². The van der Waals surface area contributed by atoms with Crippen LogP contribution in [0.2, 0.25) is 0 Å². The second-order valence-electron chi connectivity index (χ2n) is 6.62. The summed E-state index contributed by atoms with van der Waals surface area (Å²) in [6, 6.07) is 25.0. The fourth-order valence-corrected chi connectivity index (χ4v) is 4.08. The van der Waals surface area contributed by atoms with Crippen LogP contribution in [0.1, 0.15) is 10.4 Å². The molecule has 5 rings (SSSR count). The number of hydrogen-bond acceptors (Lipinski definition) is 6. The van der Waals surface area contributed by atoms with Crippen molar-refractivity contribution < 1.29 is 14.3 Å². The Bertz CT molecular complexity index is 1190. The minimum atomic E-state index is -0.0119. The number of rotatable bonds is 6. The number of ketones is 1. The first kappa shape index (κ1) is 18.4. The third-order valence-electron chi connectivity index (χ3n) is 4.71. The number of thioether (sulfide) groups is 1. The van der Waals surface area contributed by atoms with E-state index in [1.807, 2.05) is 65.2 Å². The van der Waals surface area contributed by atoms with Crippen LogP contribution in [0.3, 0.4) is 0 Å². The number of para-hydroxylation sites is 1. The number of nitrogens with zero attached hydrogens (tertiary/aromatic N) is 3. The number of carbonyl (C=O) groups is 1. The first-order valence-corrected chi connectivity index (χ1v) is 10.4. The third kappa shape index (κ3) is 3.55. The molecule has 7 heteroatoms. The predicted molar refractivity (Wildman–Crippen MR) is 114 cm³/mol. The topological polar surface area (TPSA) is 66.2 Å². The Hall–Kier alpha value is -3.58. The lowest BCUT2D eigenvalue weighted by atomic mass is 10.1. The molecule has 0 unspecified atom stereocenters. The zero-order chi connectivity index (χ0) is 20.3. The summed E-state index contributed by atoms with van der Waals surface area (Å²) in [6.45, 7) is 0.185. The number of benzene rings is 3. The Morgan fingerprint density at radius 3 is 2.43 bits per heavy atom. The summed E-state index contributed by atoms with van der Waals surface area (Å²) in [7, 11) is 0. The molecule has 0 spiro atoms. The van der Waals surface area contributed by atoms with Gasteiger partial charge in [0.15, 0.2) is 28.3 Å². The van der Waals surface area contributed by atoms with E-state index in [2.05, 4.69) is 10.2 Å². The van der Waals surface area contributed by atoms with Gasteiger partial charge in [-0.25, -0.2) is 0 Å². The van der Waals surface area contributed by atoms with E-state index in [0.29, 0.717) is 22.2 Å². The Morgan fingerprint density at radius 2 is 1.63 bits per heavy atom. The van der Waals surface area contributed by atoms with Crippen LogP contribution in [0, 0.1) is 0 Å². The predicted octanol–water partition coefficient (Wildman–Crippen LogP) is 4.64. The molecule has 6 nitrogen and oxygen atoms in total. The quantitative estimate of drug-likeness (QED) is 0.338. The van der Waals surface area contributed by atoms with Crippen molar-refractivity contribution in [3.63, 3.8) is 0 Å². The number of hydrogen-bond donors (Lipinski definition) is 0. The summed E-state index contributed by atoms with van der Waals surface area (Å²) in [6.07, 6.45) is 0. The normalized spacial score (nSPS) is 12.1. The maximum atomic E-state index is 12.8. The van der Waals surface area contributed by atoms with Gasteiger partial charge in [0.25, 0.3) is 0 Å². The van der Waals surface area contributed by atoms with Crippen LogP contribution in [0.25, 0.3) is 17.1 Å². The highest BCUT2D eigenvalue weighted by Gasteiger charge is 2.19. The lowest BCUT2D eigenvalue weighted by molar-refractivity contribution is 0.102. The van der Waals surface area contributed by atoms with Gasteiger partial charge in [0.2, 0.25) is 6.79 Å². The Morgan fingerprint density at radius 1 is 0.900 bits per heavy atom.